The first-order valence-electron chi connectivity index (χ1n) is 7.74. The molecule has 0 saturated carbocycles. The van der Waals surface area contributed by atoms with Crippen LogP contribution in [0.5, 0.6) is 11.6 Å². The van der Waals surface area contributed by atoms with Gasteiger partial charge in [-0.05, 0) is 44.1 Å². The van der Waals surface area contributed by atoms with Crippen LogP contribution in [-0.2, 0) is 0 Å². The second-order valence-corrected chi connectivity index (χ2v) is 5.64. The van der Waals surface area contributed by atoms with Gasteiger partial charge in [0.05, 0.1) is 6.20 Å². The van der Waals surface area contributed by atoms with Crippen LogP contribution in [0.1, 0.15) is 16.8 Å². The first-order valence-corrected chi connectivity index (χ1v) is 7.74. The Morgan fingerprint density at radius 1 is 1.36 bits per heavy atom. The third kappa shape index (κ3) is 5.56. The number of benzene rings is 1. The third-order valence-corrected chi connectivity index (χ3v) is 3.91. The lowest BCUT2D eigenvalue weighted by atomic mass is 10.1. The molecule has 8 heteroatoms. The highest BCUT2D eigenvalue weighted by Gasteiger charge is 2.26. The summed E-state index contributed by atoms with van der Waals surface area (Å²) in [5.74, 6) is 1.57. The van der Waals surface area contributed by atoms with Gasteiger partial charge in [0.15, 0.2) is 0 Å². The fourth-order valence-corrected chi connectivity index (χ4v) is 2.81. The number of hydrogen-bond acceptors (Lipinski definition) is 5. The van der Waals surface area contributed by atoms with Crippen LogP contribution < -0.4 is 10.1 Å². The van der Waals surface area contributed by atoms with Gasteiger partial charge in [-0.1, -0.05) is 6.07 Å². The van der Waals surface area contributed by atoms with Gasteiger partial charge in [-0.3, -0.25) is 9.78 Å². The monoisotopic (exact) mass is 384 g/mol. The number of rotatable bonds is 5. The van der Waals surface area contributed by atoms with Crippen LogP contribution in [0.4, 0.5) is 0 Å². The zero-order valence-electron chi connectivity index (χ0n) is 13.9. The molecule has 1 unspecified atom stereocenters. The maximum absolute atomic E-state index is 12.6. The number of carbonyl (C=O) groups excluding carboxylic acids is 1. The summed E-state index contributed by atoms with van der Waals surface area (Å²) >= 11 is 0. The van der Waals surface area contributed by atoms with Gasteiger partial charge in [-0.15, -0.1) is 24.8 Å². The molecule has 2 heterocycles. The number of halogens is 2. The maximum Gasteiger partial charge on any atom is 0.253 e. The van der Waals surface area contributed by atoms with E-state index in [2.05, 4.69) is 15.3 Å². The normalized spacial score (nSPS) is 15.9. The van der Waals surface area contributed by atoms with Crippen LogP contribution >= 0.6 is 24.8 Å². The third-order valence-electron chi connectivity index (χ3n) is 3.91. The molecule has 1 aliphatic heterocycles. The molecule has 1 saturated heterocycles. The van der Waals surface area contributed by atoms with E-state index in [9.17, 15) is 4.79 Å². The molecule has 1 amide bonds. The summed E-state index contributed by atoms with van der Waals surface area (Å²) < 4.78 is 5.64. The van der Waals surface area contributed by atoms with Crippen molar-refractivity contribution >= 4 is 30.7 Å². The standard InChI is InChI=1S/C17H20N4O2.2ClH/c1-18-10-13-5-8-21(12-13)17(22)14-3-2-4-15(9-14)23-16-11-19-6-7-20-16;;/h2-4,6-7,9,11,13,18H,5,8,10,12H2,1H3;2*1H. The smallest absolute Gasteiger partial charge is 0.253 e. The topological polar surface area (TPSA) is 67.4 Å². The van der Waals surface area contributed by atoms with Crippen LogP contribution in [0, 0.1) is 5.92 Å². The molecule has 2 aromatic rings. The Balaban J connectivity index is 0.00000156. The van der Waals surface area contributed by atoms with Crippen molar-refractivity contribution in [3.05, 3.63) is 48.4 Å². The van der Waals surface area contributed by atoms with E-state index >= 15 is 0 Å². The Bertz CT molecular complexity index is 673. The van der Waals surface area contributed by atoms with E-state index < -0.39 is 0 Å². The molecule has 1 fully saturated rings. The van der Waals surface area contributed by atoms with Gasteiger partial charge in [-0.2, -0.15) is 0 Å². The molecule has 0 bridgehead atoms. The maximum atomic E-state index is 12.6. The minimum Gasteiger partial charge on any atom is -0.437 e. The van der Waals surface area contributed by atoms with Crippen molar-refractivity contribution in [2.45, 2.75) is 6.42 Å². The number of hydrogen-bond donors (Lipinski definition) is 1. The molecular weight excluding hydrogens is 363 g/mol. The summed E-state index contributed by atoms with van der Waals surface area (Å²) in [7, 11) is 1.94. The van der Waals surface area contributed by atoms with Crippen LogP contribution in [0.15, 0.2) is 42.9 Å². The summed E-state index contributed by atoms with van der Waals surface area (Å²) in [4.78, 5) is 22.6. The van der Waals surface area contributed by atoms with E-state index in [1.807, 2.05) is 24.1 Å². The summed E-state index contributed by atoms with van der Waals surface area (Å²) in [6.45, 7) is 2.55. The summed E-state index contributed by atoms with van der Waals surface area (Å²) in [6, 6.07) is 7.19. The van der Waals surface area contributed by atoms with Crippen molar-refractivity contribution in [3.8, 4) is 11.6 Å². The highest BCUT2D eigenvalue weighted by atomic mass is 35.5. The van der Waals surface area contributed by atoms with Crippen LogP contribution in [0.25, 0.3) is 0 Å². The number of amides is 1. The van der Waals surface area contributed by atoms with Crippen LogP contribution in [0.3, 0.4) is 0 Å². The van der Waals surface area contributed by atoms with Gasteiger partial charge in [0.2, 0.25) is 5.88 Å². The van der Waals surface area contributed by atoms with E-state index in [1.54, 1.807) is 24.5 Å². The summed E-state index contributed by atoms with van der Waals surface area (Å²) in [5.41, 5.74) is 0.636. The molecule has 0 radical (unpaired) electrons. The number of nitrogens with zero attached hydrogens (tertiary/aromatic N) is 3. The molecular formula is C17H22Cl2N4O2. The zero-order valence-corrected chi connectivity index (χ0v) is 15.6. The molecule has 25 heavy (non-hydrogen) atoms. The Morgan fingerprint density at radius 3 is 2.92 bits per heavy atom. The number of ether oxygens (including phenoxy) is 1. The lowest BCUT2D eigenvalue weighted by Crippen LogP contribution is -2.30. The van der Waals surface area contributed by atoms with Gasteiger partial charge in [0.25, 0.3) is 5.91 Å². The van der Waals surface area contributed by atoms with E-state index in [-0.39, 0.29) is 30.7 Å². The van der Waals surface area contributed by atoms with Crippen molar-refractivity contribution in [2.24, 2.45) is 5.92 Å². The van der Waals surface area contributed by atoms with Crippen LogP contribution in [-0.4, -0.2) is 47.5 Å². The molecule has 3 rings (SSSR count). The average molecular weight is 385 g/mol. The lowest BCUT2D eigenvalue weighted by molar-refractivity contribution is 0.0787. The van der Waals surface area contributed by atoms with Gasteiger partial charge in [0.1, 0.15) is 5.75 Å². The predicted molar refractivity (Wildman–Crippen MR) is 101 cm³/mol. The highest BCUT2D eigenvalue weighted by molar-refractivity contribution is 5.94. The molecule has 1 aromatic carbocycles. The van der Waals surface area contributed by atoms with E-state index in [0.29, 0.717) is 23.1 Å². The molecule has 1 aromatic heterocycles. The second kappa shape index (κ2) is 10.2. The molecule has 6 nitrogen and oxygen atoms in total. The molecule has 0 spiro atoms. The molecule has 1 atom stereocenters. The Kier molecular flexibility index (Phi) is 8.61. The largest absolute Gasteiger partial charge is 0.437 e. The Hall–Kier alpha value is -1.89. The zero-order chi connectivity index (χ0) is 16.1. The molecule has 0 aliphatic carbocycles. The molecule has 1 N–H and O–H groups in total. The number of nitrogens with one attached hydrogen (secondary N) is 1. The van der Waals surface area contributed by atoms with Gasteiger partial charge in [0, 0.05) is 31.0 Å². The second-order valence-electron chi connectivity index (χ2n) is 5.64. The summed E-state index contributed by atoms with van der Waals surface area (Å²) in [6.07, 6.45) is 5.73. The van der Waals surface area contributed by atoms with Gasteiger partial charge >= 0.3 is 0 Å². The number of carbonyl (C=O) groups is 1. The van der Waals surface area contributed by atoms with Gasteiger partial charge in [-0.25, -0.2) is 4.98 Å². The number of aromatic nitrogens is 2. The van der Waals surface area contributed by atoms with Gasteiger partial charge < -0.3 is 15.0 Å². The van der Waals surface area contributed by atoms with Crippen molar-refractivity contribution in [1.29, 1.82) is 0 Å². The van der Waals surface area contributed by atoms with E-state index in [4.69, 9.17) is 4.74 Å². The minimum absolute atomic E-state index is 0. The summed E-state index contributed by atoms with van der Waals surface area (Å²) in [5, 5.41) is 3.17. The fourth-order valence-electron chi connectivity index (χ4n) is 2.81. The van der Waals surface area contributed by atoms with E-state index in [1.165, 1.54) is 6.20 Å². The van der Waals surface area contributed by atoms with Crippen molar-refractivity contribution in [2.75, 3.05) is 26.7 Å². The first-order chi connectivity index (χ1) is 11.3. The van der Waals surface area contributed by atoms with E-state index in [0.717, 1.165) is 26.1 Å². The fraction of sp³-hybridized carbons (Fsp3) is 0.353. The van der Waals surface area contributed by atoms with Crippen molar-refractivity contribution in [3.63, 3.8) is 0 Å². The first kappa shape index (κ1) is 21.2. The predicted octanol–water partition coefficient (Wildman–Crippen LogP) is 2.79. The van der Waals surface area contributed by atoms with Crippen molar-refractivity contribution < 1.29 is 9.53 Å². The minimum atomic E-state index is 0. The SMILES string of the molecule is CNCC1CCN(C(=O)c2cccc(Oc3cnccn3)c2)C1.Cl.Cl. The van der Waals surface area contributed by atoms with Crippen molar-refractivity contribution in [1.82, 2.24) is 20.2 Å². The van der Waals surface area contributed by atoms with Crippen LogP contribution in [0.2, 0.25) is 0 Å². The Labute approximate surface area is 159 Å². The quantitative estimate of drug-likeness (QED) is 0.858. The molecule has 1 aliphatic rings. The average Bonchev–Trinajstić information content (AvgIpc) is 3.04. The highest BCUT2D eigenvalue weighted by Crippen LogP contribution is 2.22. The molecule has 136 valence electrons. The Morgan fingerprint density at radius 2 is 2.20 bits per heavy atom. The number of likely N-dealkylation sites (tertiary alicyclic amines) is 1. The lowest BCUT2D eigenvalue weighted by Gasteiger charge is -2.17.